The molecule has 0 spiro atoms. The summed E-state index contributed by atoms with van der Waals surface area (Å²) in [6.07, 6.45) is 6.47. The Bertz CT molecular complexity index is 268. The van der Waals surface area contributed by atoms with Crippen molar-refractivity contribution in [3.63, 3.8) is 0 Å². The largest absolute Gasteiger partial charge is 0.324 e. The summed E-state index contributed by atoms with van der Waals surface area (Å²) >= 11 is 0. The van der Waals surface area contributed by atoms with E-state index < -0.39 is 0 Å². The average molecular weight is 253 g/mol. The lowest BCUT2D eigenvalue weighted by atomic mass is 9.77. The summed E-state index contributed by atoms with van der Waals surface area (Å²) in [5.74, 6) is 1.67. The second-order valence-electron chi connectivity index (χ2n) is 7.18. The molecule has 0 aromatic carbocycles. The highest BCUT2D eigenvalue weighted by Gasteiger charge is 2.32. The van der Waals surface area contributed by atoms with E-state index >= 15 is 0 Å². The predicted octanol–water partition coefficient (Wildman–Crippen LogP) is 1.78. The molecule has 2 fully saturated rings. The maximum absolute atomic E-state index is 6.60. The zero-order valence-corrected chi connectivity index (χ0v) is 12.5. The molecule has 18 heavy (non-hydrogen) atoms. The minimum absolute atomic E-state index is 0.0803. The van der Waals surface area contributed by atoms with E-state index in [2.05, 4.69) is 30.8 Å². The smallest absolute Gasteiger partial charge is 0.0285 e. The lowest BCUT2D eigenvalue weighted by Gasteiger charge is -2.40. The van der Waals surface area contributed by atoms with E-state index in [1.165, 1.54) is 51.7 Å². The van der Waals surface area contributed by atoms with Crippen LogP contribution in [0.5, 0.6) is 0 Å². The minimum atomic E-state index is 0.0803. The van der Waals surface area contributed by atoms with Gasteiger partial charge in [-0.25, -0.2) is 0 Å². The van der Waals surface area contributed by atoms with Crippen molar-refractivity contribution in [3.8, 4) is 0 Å². The first-order valence-electron chi connectivity index (χ1n) is 7.63. The molecule has 1 saturated heterocycles. The van der Waals surface area contributed by atoms with Gasteiger partial charge >= 0.3 is 0 Å². The molecule has 2 aliphatic rings. The van der Waals surface area contributed by atoms with E-state index in [4.69, 9.17) is 5.73 Å². The zero-order valence-electron chi connectivity index (χ0n) is 12.5. The molecule has 2 rings (SSSR count). The topological polar surface area (TPSA) is 32.5 Å². The fourth-order valence-corrected chi connectivity index (χ4v) is 4.06. The Morgan fingerprint density at radius 2 is 2.17 bits per heavy atom. The molecule has 1 heterocycles. The number of hydrogen-bond donors (Lipinski definition) is 1. The molecule has 3 atom stereocenters. The monoisotopic (exact) mass is 253 g/mol. The van der Waals surface area contributed by atoms with E-state index in [9.17, 15) is 0 Å². The molecular weight excluding hydrogens is 222 g/mol. The summed E-state index contributed by atoms with van der Waals surface area (Å²) in [5.41, 5.74) is 6.68. The highest BCUT2D eigenvalue weighted by Crippen LogP contribution is 2.31. The van der Waals surface area contributed by atoms with E-state index in [0.29, 0.717) is 0 Å². The Labute approximate surface area is 113 Å². The van der Waals surface area contributed by atoms with Crippen LogP contribution in [0, 0.1) is 11.8 Å². The summed E-state index contributed by atoms with van der Waals surface area (Å²) < 4.78 is 0. The van der Waals surface area contributed by atoms with Gasteiger partial charge in [0.05, 0.1) is 0 Å². The van der Waals surface area contributed by atoms with E-state index in [1.807, 2.05) is 0 Å². The number of rotatable bonds is 4. The van der Waals surface area contributed by atoms with Gasteiger partial charge in [0.25, 0.3) is 0 Å². The second kappa shape index (κ2) is 5.89. The molecule has 2 N–H and O–H groups in total. The molecule has 0 radical (unpaired) electrons. The Balaban J connectivity index is 1.77. The highest BCUT2D eigenvalue weighted by atomic mass is 15.2. The summed E-state index contributed by atoms with van der Waals surface area (Å²) in [7, 11) is 4.49. The third-order valence-electron chi connectivity index (χ3n) is 4.77. The summed E-state index contributed by atoms with van der Waals surface area (Å²) in [5, 5.41) is 0. The molecule has 0 bridgehead atoms. The Morgan fingerprint density at radius 1 is 1.39 bits per heavy atom. The van der Waals surface area contributed by atoms with Crippen molar-refractivity contribution in [1.29, 1.82) is 0 Å². The molecule has 1 aliphatic heterocycles. The van der Waals surface area contributed by atoms with Crippen molar-refractivity contribution in [2.75, 3.05) is 40.3 Å². The Morgan fingerprint density at radius 3 is 2.78 bits per heavy atom. The van der Waals surface area contributed by atoms with Crippen molar-refractivity contribution in [2.24, 2.45) is 17.6 Å². The second-order valence-corrected chi connectivity index (χ2v) is 7.18. The number of hydrogen-bond acceptors (Lipinski definition) is 3. The minimum Gasteiger partial charge on any atom is -0.324 e. The van der Waals surface area contributed by atoms with Crippen LogP contribution in [0.3, 0.4) is 0 Å². The third-order valence-corrected chi connectivity index (χ3v) is 4.77. The first kappa shape index (κ1) is 14.3. The number of likely N-dealkylation sites (N-methyl/N-ethyl adjacent to an activating group) is 1. The number of likely N-dealkylation sites (tertiary alicyclic amines) is 1. The van der Waals surface area contributed by atoms with E-state index in [0.717, 1.165) is 18.4 Å². The molecule has 3 heteroatoms. The average Bonchev–Trinajstić information content (AvgIpc) is 2.62. The molecule has 1 saturated carbocycles. The lowest BCUT2D eigenvalue weighted by Crippen LogP contribution is -2.52. The van der Waals surface area contributed by atoms with Crippen molar-refractivity contribution >= 4 is 0 Å². The van der Waals surface area contributed by atoms with Crippen LogP contribution in [-0.2, 0) is 0 Å². The Kier molecular flexibility index (Phi) is 4.68. The van der Waals surface area contributed by atoms with Crippen molar-refractivity contribution < 1.29 is 0 Å². The van der Waals surface area contributed by atoms with Crippen molar-refractivity contribution in [3.05, 3.63) is 0 Å². The van der Waals surface area contributed by atoms with E-state index in [1.54, 1.807) is 0 Å². The van der Waals surface area contributed by atoms with Crippen LogP contribution < -0.4 is 5.73 Å². The molecule has 3 unspecified atom stereocenters. The van der Waals surface area contributed by atoms with Gasteiger partial charge < -0.3 is 15.5 Å². The van der Waals surface area contributed by atoms with Crippen LogP contribution in [0.1, 0.15) is 39.0 Å². The van der Waals surface area contributed by atoms with Crippen LogP contribution in [0.25, 0.3) is 0 Å². The molecule has 0 aromatic rings. The molecule has 1 aliphatic carbocycles. The van der Waals surface area contributed by atoms with Gasteiger partial charge in [0.15, 0.2) is 0 Å². The van der Waals surface area contributed by atoms with Crippen LogP contribution in [-0.4, -0.2) is 55.6 Å². The van der Waals surface area contributed by atoms with Gasteiger partial charge in [-0.3, -0.25) is 0 Å². The quantitative estimate of drug-likeness (QED) is 0.829. The van der Waals surface area contributed by atoms with Gasteiger partial charge in [-0.15, -0.1) is 0 Å². The van der Waals surface area contributed by atoms with Gasteiger partial charge in [-0.05, 0) is 51.7 Å². The van der Waals surface area contributed by atoms with Gasteiger partial charge in [0, 0.05) is 25.2 Å². The summed E-state index contributed by atoms with van der Waals surface area (Å²) in [6.45, 7) is 7.18. The first-order valence-corrected chi connectivity index (χ1v) is 7.63. The van der Waals surface area contributed by atoms with Gasteiger partial charge in [0.1, 0.15) is 0 Å². The molecule has 106 valence electrons. The van der Waals surface area contributed by atoms with Crippen LogP contribution >= 0.6 is 0 Å². The normalized spacial score (nSPS) is 38.5. The summed E-state index contributed by atoms with van der Waals surface area (Å²) in [4.78, 5) is 4.93. The number of nitrogens with zero attached hydrogens (tertiary/aromatic N) is 2. The molecule has 0 amide bonds. The standard InChI is InChI=1S/C15H31N3/c1-13-5-4-7-15(16,9-13)12-18(3)11-14-6-8-17(2)10-14/h13-14H,4-12,16H2,1-3H3. The lowest BCUT2D eigenvalue weighted by molar-refractivity contribution is 0.157. The molecule has 3 nitrogen and oxygen atoms in total. The summed E-state index contributed by atoms with van der Waals surface area (Å²) in [6, 6.07) is 0. The van der Waals surface area contributed by atoms with Gasteiger partial charge in [0.2, 0.25) is 0 Å². The number of nitrogens with two attached hydrogens (primary N) is 1. The SMILES string of the molecule is CC1CCCC(N)(CN(C)CC2CCN(C)C2)C1. The van der Waals surface area contributed by atoms with Crippen molar-refractivity contribution in [2.45, 2.75) is 44.6 Å². The fraction of sp³-hybridized carbons (Fsp3) is 1.00. The molecule has 0 aromatic heterocycles. The van der Waals surface area contributed by atoms with Gasteiger partial charge in [-0.1, -0.05) is 19.8 Å². The van der Waals surface area contributed by atoms with E-state index in [-0.39, 0.29) is 5.54 Å². The Hall–Kier alpha value is -0.120. The van der Waals surface area contributed by atoms with Gasteiger partial charge in [-0.2, -0.15) is 0 Å². The maximum Gasteiger partial charge on any atom is 0.0285 e. The highest BCUT2D eigenvalue weighted by molar-refractivity contribution is 4.92. The zero-order chi connectivity index (χ0) is 13.2. The predicted molar refractivity (Wildman–Crippen MR) is 77.7 cm³/mol. The van der Waals surface area contributed by atoms with Crippen LogP contribution in [0.4, 0.5) is 0 Å². The van der Waals surface area contributed by atoms with Crippen LogP contribution in [0.2, 0.25) is 0 Å². The third kappa shape index (κ3) is 3.94. The fourth-order valence-electron chi connectivity index (χ4n) is 4.06. The molecular formula is C15H31N3. The van der Waals surface area contributed by atoms with Crippen molar-refractivity contribution in [1.82, 2.24) is 9.80 Å². The first-order chi connectivity index (χ1) is 8.47. The van der Waals surface area contributed by atoms with Crippen LogP contribution in [0.15, 0.2) is 0 Å². The maximum atomic E-state index is 6.60.